The van der Waals surface area contributed by atoms with E-state index in [9.17, 15) is 4.79 Å². The smallest absolute Gasteiger partial charge is 0.276 e. The molecule has 2 aromatic heterocycles. The second-order valence-corrected chi connectivity index (χ2v) is 4.35. The Morgan fingerprint density at radius 2 is 2.44 bits per heavy atom. The molecular formula is C10H11ClN4O. The Labute approximate surface area is 96.4 Å². The molecule has 6 heteroatoms. The van der Waals surface area contributed by atoms with Gasteiger partial charge in [0.25, 0.3) is 5.56 Å². The van der Waals surface area contributed by atoms with Crippen molar-refractivity contribution in [1.82, 2.24) is 19.9 Å². The van der Waals surface area contributed by atoms with Gasteiger partial charge in [-0.05, 0) is 25.5 Å². The summed E-state index contributed by atoms with van der Waals surface area (Å²) in [6, 6.07) is 1.82. The van der Waals surface area contributed by atoms with Crippen molar-refractivity contribution in [3.8, 4) is 0 Å². The summed E-state index contributed by atoms with van der Waals surface area (Å²) >= 11 is 5.89. The van der Waals surface area contributed by atoms with Crippen molar-refractivity contribution in [1.29, 1.82) is 0 Å². The number of hydrogen-bond acceptors (Lipinski definition) is 3. The summed E-state index contributed by atoms with van der Waals surface area (Å²) in [6.45, 7) is 0.971. The number of hydrogen-bond donors (Lipinski definition) is 2. The van der Waals surface area contributed by atoms with Crippen LogP contribution in [0.2, 0.25) is 5.02 Å². The van der Waals surface area contributed by atoms with Gasteiger partial charge in [-0.15, -0.1) is 0 Å². The largest absolute Gasteiger partial charge is 0.307 e. The lowest BCUT2D eigenvalue weighted by Crippen LogP contribution is -2.22. The Balaban J connectivity index is 2.17. The van der Waals surface area contributed by atoms with Crippen LogP contribution in [0.3, 0.4) is 0 Å². The molecule has 0 aromatic carbocycles. The van der Waals surface area contributed by atoms with Crippen LogP contribution >= 0.6 is 11.6 Å². The van der Waals surface area contributed by atoms with E-state index in [-0.39, 0.29) is 11.6 Å². The molecule has 0 radical (unpaired) electrons. The molecule has 1 atom stereocenters. The number of aromatic nitrogens is 3. The zero-order chi connectivity index (χ0) is 11.1. The van der Waals surface area contributed by atoms with Crippen molar-refractivity contribution in [2.45, 2.75) is 18.9 Å². The van der Waals surface area contributed by atoms with E-state index in [1.54, 1.807) is 12.3 Å². The van der Waals surface area contributed by atoms with Crippen molar-refractivity contribution < 1.29 is 0 Å². The summed E-state index contributed by atoms with van der Waals surface area (Å²) in [4.78, 5) is 14.6. The maximum Gasteiger partial charge on any atom is 0.276 e. The van der Waals surface area contributed by atoms with Crippen LogP contribution in [-0.2, 0) is 0 Å². The first-order chi connectivity index (χ1) is 7.75. The molecule has 1 aliphatic heterocycles. The van der Waals surface area contributed by atoms with E-state index < -0.39 is 0 Å². The number of H-pyrrole nitrogens is 1. The van der Waals surface area contributed by atoms with Crippen LogP contribution in [0, 0.1) is 0 Å². The molecule has 0 bridgehead atoms. The molecule has 16 heavy (non-hydrogen) atoms. The van der Waals surface area contributed by atoms with Crippen LogP contribution in [-0.4, -0.2) is 21.1 Å². The first-order valence-electron chi connectivity index (χ1n) is 5.26. The van der Waals surface area contributed by atoms with Crippen LogP contribution in [0.15, 0.2) is 17.1 Å². The Hall–Kier alpha value is -1.33. The van der Waals surface area contributed by atoms with Crippen molar-refractivity contribution in [2.24, 2.45) is 0 Å². The van der Waals surface area contributed by atoms with Gasteiger partial charge >= 0.3 is 0 Å². The molecule has 0 aliphatic carbocycles. The SMILES string of the molecule is O=c1[nH]c([C@@H]2CCCN2)nn2ccc(Cl)c12. The Kier molecular flexibility index (Phi) is 2.22. The maximum absolute atomic E-state index is 11.8. The van der Waals surface area contributed by atoms with Gasteiger partial charge < -0.3 is 10.3 Å². The number of nitrogens with zero attached hydrogens (tertiary/aromatic N) is 2. The minimum atomic E-state index is -0.186. The van der Waals surface area contributed by atoms with Crippen LogP contribution in [0.1, 0.15) is 24.7 Å². The Bertz CT molecular complexity index is 582. The molecule has 5 nitrogen and oxygen atoms in total. The van der Waals surface area contributed by atoms with Crippen molar-refractivity contribution in [2.75, 3.05) is 6.54 Å². The zero-order valence-electron chi connectivity index (χ0n) is 8.53. The lowest BCUT2D eigenvalue weighted by atomic mass is 10.2. The second kappa shape index (κ2) is 3.61. The van der Waals surface area contributed by atoms with E-state index in [1.165, 1.54) is 4.52 Å². The van der Waals surface area contributed by atoms with E-state index in [4.69, 9.17) is 11.6 Å². The van der Waals surface area contributed by atoms with Gasteiger partial charge in [0.1, 0.15) is 11.3 Å². The lowest BCUT2D eigenvalue weighted by Gasteiger charge is -2.08. The highest BCUT2D eigenvalue weighted by Crippen LogP contribution is 2.20. The normalized spacial score (nSPS) is 20.7. The molecule has 1 aliphatic rings. The molecule has 84 valence electrons. The number of fused-ring (bicyclic) bond motifs is 1. The van der Waals surface area contributed by atoms with E-state index >= 15 is 0 Å². The van der Waals surface area contributed by atoms with E-state index in [1.807, 2.05) is 0 Å². The molecule has 1 fully saturated rings. The van der Waals surface area contributed by atoms with Crippen LogP contribution in [0.4, 0.5) is 0 Å². The van der Waals surface area contributed by atoms with Gasteiger partial charge in [0.05, 0.1) is 11.1 Å². The molecular weight excluding hydrogens is 228 g/mol. The van der Waals surface area contributed by atoms with E-state index in [0.29, 0.717) is 16.4 Å². The topological polar surface area (TPSA) is 62.2 Å². The monoisotopic (exact) mass is 238 g/mol. The third-order valence-electron chi connectivity index (χ3n) is 2.88. The summed E-state index contributed by atoms with van der Waals surface area (Å²) in [5, 5.41) is 8.08. The van der Waals surface area contributed by atoms with Crippen LogP contribution in [0.25, 0.3) is 5.52 Å². The molecule has 0 saturated carbocycles. The highest BCUT2D eigenvalue weighted by Gasteiger charge is 2.20. The molecule has 0 amide bonds. The zero-order valence-corrected chi connectivity index (χ0v) is 9.29. The van der Waals surface area contributed by atoms with Crippen molar-refractivity contribution >= 4 is 17.1 Å². The van der Waals surface area contributed by atoms with Crippen LogP contribution < -0.4 is 10.9 Å². The fraction of sp³-hybridized carbons (Fsp3) is 0.400. The minimum Gasteiger partial charge on any atom is -0.307 e. The summed E-state index contributed by atoms with van der Waals surface area (Å²) in [5.41, 5.74) is 0.220. The van der Waals surface area contributed by atoms with E-state index in [2.05, 4.69) is 15.4 Å². The summed E-state index contributed by atoms with van der Waals surface area (Å²) in [5.74, 6) is 0.683. The number of aromatic amines is 1. The Morgan fingerprint density at radius 3 is 3.19 bits per heavy atom. The Morgan fingerprint density at radius 1 is 1.56 bits per heavy atom. The molecule has 1 saturated heterocycles. The summed E-state index contributed by atoms with van der Waals surface area (Å²) < 4.78 is 1.54. The average Bonchev–Trinajstić information content (AvgIpc) is 2.87. The standard InChI is InChI=1S/C10H11ClN4O/c11-6-3-5-15-8(6)10(16)13-9(14-15)7-2-1-4-12-7/h3,5,7,12H,1-2,4H2,(H,13,14,16)/t7-/m0/s1. The first kappa shape index (κ1) is 9.86. The molecule has 3 heterocycles. The number of halogens is 1. The maximum atomic E-state index is 11.8. The van der Waals surface area contributed by atoms with Gasteiger partial charge in [-0.3, -0.25) is 4.79 Å². The van der Waals surface area contributed by atoms with Gasteiger partial charge in [-0.25, -0.2) is 4.52 Å². The number of rotatable bonds is 1. The number of nitrogens with one attached hydrogen (secondary N) is 2. The highest BCUT2D eigenvalue weighted by atomic mass is 35.5. The molecule has 2 aromatic rings. The third-order valence-corrected chi connectivity index (χ3v) is 3.18. The molecule has 2 N–H and O–H groups in total. The highest BCUT2D eigenvalue weighted by molar-refractivity contribution is 6.33. The van der Waals surface area contributed by atoms with Gasteiger partial charge in [0, 0.05) is 6.20 Å². The van der Waals surface area contributed by atoms with Crippen LogP contribution in [0.5, 0.6) is 0 Å². The van der Waals surface area contributed by atoms with Gasteiger partial charge in [-0.1, -0.05) is 11.6 Å². The van der Waals surface area contributed by atoms with Crippen molar-refractivity contribution in [3.05, 3.63) is 33.5 Å². The lowest BCUT2D eigenvalue weighted by molar-refractivity contribution is 0.583. The molecule has 0 unspecified atom stereocenters. The third kappa shape index (κ3) is 1.44. The van der Waals surface area contributed by atoms with E-state index in [0.717, 1.165) is 19.4 Å². The summed E-state index contributed by atoms with van der Waals surface area (Å²) in [6.07, 6.45) is 3.81. The van der Waals surface area contributed by atoms with Gasteiger partial charge in [-0.2, -0.15) is 5.10 Å². The summed E-state index contributed by atoms with van der Waals surface area (Å²) in [7, 11) is 0. The minimum absolute atomic E-state index is 0.151. The quantitative estimate of drug-likeness (QED) is 0.782. The fourth-order valence-corrected chi connectivity index (χ4v) is 2.31. The van der Waals surface area contributed by atoms with Gasteiger partial charge in [0.15, 0.2) is 0 Å². The molecule has 3 rings (SSSR count). The second-order valence-electron chi connectivity index (χ2n) is 3.95. The van der Waals surface area contributed by atoms with Crippen molar-refractivity contribution in [3.63, 3.8) is 0 Å². The fourth-order valence-electron chi connectivity index (χ4n) is 2.09. The van der Waals surface area contributed by atoms with Gasteiger partial charge in [0.2, 0.25) is 0 Å². The molecule has 0 spiro atoms. The predicted octanol–water partition coefficient (Wildman–Crippen LogP) is 1.10. The first-order valence-corrected chi connectivity index (χ1v) is 5.64. The predicted molar refractivity (Wildman–Crippen MR) is 60.8 cm³/mol. The average molecular weight is 239 g/mol.